The third kappa shape index (κ3) is 5.08. The van der Waals surface area contributed by atoms with E-state index in [1.54, 1.807) is 18.2 Å². The second-order valence-electron chi connectivity index (χ2n) is 10.5. The first-order valence-corrected chi connectivity index (χ1v) is 13.5. The molecule has 0 heterocycles. The number of ketones is 1. The smallest absolute Gasteiger partial charge is 0.328 e. The van der Waals surface area contributed by atoms with E-state index in [9.17, 15) is 27.9 Å². The maximum absolute atomic E-state index is 12.7. The lowest BCUT2D eigenvalue weighted by Gasteiger charge is -2.40. The number of carboxylic acids is 1. The average molecular weight is 541 g/mol. The molecular formula is C27H32N4O6S. The van der Waals surface area contributed by atoms with Crippen LogP contribution >= 0.6 is 0 Å². The van der Waals surface area contributed by atoms with E-state index < -0.39 is 39.4 Å². The second kappa shape index (κ2) is 10.7. The van der Waals surface area contributed by atoms with Crippen LogP contribution in [-0.2, 0) is 26.5 Å². The molecule has 11 heteroatoms. The molecule has 0 aliphatic heterocycles. The van der Waals surface area contributed by atoms with Crippen molar-refractivity contribution in [1.82, 2.24) is 10.3 Å². The van der Waals surface area contributed by atoms with E-state index in [1.165, 1.54) is 7.05 Å². The fourth-order valence-corrected chi connectivity index (χ4v) is 6.44. The Morgan fingerprint density at radius 1 is 1.18 bits per heavy atom. The van der Waals surface area contributed by atoms with Crippen LogP contribution in [0.3, 0.4) is 0 Å². The number of aliphatic carboxylic acids is 1. The number of anilines is 1. The second-order valence-corrected chi connectivity index (χ2v) is 11.1. The van der Waals surface area contributed by atoms with Crippen LogP contribution in [0, 0.1) is 16.7 Å². The Balaban J connectivity index is 1.69. The van der Waals surface area contributed by atoms with Crippen molar-refractivity contribution in [2.24, 2.45) is 21.2 Å². The van der Waals surface area contributed by atoms with Gasteiger partial charge in [-0.2, -0.15) is 13.4 Å². The fourth-order valence-electron chi connectivity index (χ4n) is 6.09. The summed E-state index contributed by atoms with van der Waals surface area (Å²) in [6.07, 6.45) is 1.86. The molecule has 2 fully saturated rings. The molecule has 0 spiro atoms. The highest BCUT2D eigenvalue weighted by atomic mass is 32.2. The number of nitrogens with zero attached hydrogens (tertiary/aromatic N) is 2. The summed E-state index contributed by atoms with van der Waals surface area (Å²) >= 11 is 0. The molecule has 0 aromatic heterocycles. The number of benzene rings is 2. The van der Waals surface area contributed by atoms with Gasteiger partial charge in [-0.25, -0.2) is 4.79 Å². The van der Waals surface area contributed by atoms with Gasteiger partial charge in [0.25, 0.3) is 0 Å². The van der Waals surface area contributed by atoms with Gasteiger partial charge in [-0.05, 0) is 41.4 Å². The molecule has 38 heavy (non-hydrogen) atoms. The number of nitrogens with one attached hydrogen (secondary N) is 2. The summed E-state index contributed by atoms with van der Waals surface area (Å²) in [4.78, 5) is 37.4. The molecule has 2 saturated carbocycles. The molecule has 0 saturated heterocycles. The number of rotatable bonds is 9. The van der Waals surface area contributed by atoms with Gasteiger partial charge in [-0.1, -0.05) is 60.8 Å². The Labute approximate surface area is 223 Å². The van der Waals surface area contributed by atoms with Crippen molar-refractivity contribution in [2.45, 2.75) is 45.6 Å². The highest BCUT2D eigenvalue weighted by Crippen LogP contribution is 2.64. The summed E-state index contributed by atoms with van der Waals surface area (Å²) in [5, 5.41) is 16.6. The van der Waals surface area contributed by atoms with Crippen molar-refractivity contribution >= 4 is 34.0 Å². The number of Topliss-reactive ketones (excluding diaryl/α,β-unsaturated/α-hetero) is 1. The number of hydrogen-bond acceptors (Lipinski definition) is 6. The minimum Gasteiger partial charge on any atom is -0.480 e. The topological polar surface area (TPSA) is 145 Å². The van der Waals surface area contributed by atoms with Crippen LogP contribution in [0.25, 0.3) is 11.1 Å². The molecule has 2 bridgehead atoms. The van der Waals surface area contributed by atoms with Gasteiger partial charge in [0.05, 0.1) is 5.69 Å². The van der Waals surface area contributed by atoms with Crippen molar-refractivity contribution in [3.63, 3.8) is 0 Å². The molecule has 4 rings (SSSR count). The third-order valence-corrected chi connectivity index (χ3v) is 8.92. The van der Waals surface area contributed by atoms with Crippen LogP contribution in [0.2, 0.25) is 0 Å². The van der Waals surface area contributed by atoms with Crippen LogP contribution in [0.5, 0.6) is 0 Å². The van der Waals surface area contributed by atoms with Crippen LogP contribution in [-0.4, -0.2) is 56.0 Å². The molecule has 2 aromatic rings. The summed E-state index contributed by atoms with van der Waals surface area (Å²) in [6, 6.07) is 12.9. The molecule has 2 aliphatic carbocycles. The van der Waals surface area contributed by atoms with Crippen LogP contribution in [0.4, 0.5) is 10.5 Å². The van der Waals surface area contributed by atoms with E-state index in [-0.39, 0.29) is 24.7 Å². The molecule has 2 amide bonds. The largest absolute Gasteiger partial charge is 0.480 e. The Morgan fingerprint density at radius 3 is 2.45 bits per heavy atom. The van der Waals surface area contributed by atoms with E-state index in [2.05, 4.69) is 15.1 Å². The Hall–Kier alpha value is -3.57. The first kappa shape index (κ1) is 27.5. The SMILES string of the molecule is CNC(=O)Nc1cc(C[C@@H](C(=O)O)N(C[C@@]2(C)[C@H]3CC[C@]2(C)C(=O)C3)N=S(=O)=O)ccc1-c1ccccc1. The number of fused-ring (bicyclic) bond motifs is 2. The van der Waals surface area contributed by atoms with E-state index in [4.69, 9.17) is 0 Å². The summed E-state index contributed by atoms with van der Waals surface area (Å²) < 4.78 is 27.0. The molecule has 2 aliphatic rings. The monoisotopic (exact) mass is 540 g/mol. The summed E-state index contributed by atoms with van der Waals surface area (Å²) in [6.45, 7) is 3.85. The van der Waals surface area contributed by atoms with Crippen LogP contribution in [0.15, 0.2) is 53.0 Å². The number of carbonyl (C=O) groups is 3. The Kier molecular flexibility index (Phi) is 7.70. The van der Waals surface area contributed by atoms with Gasteiger partial charge < -0.3 is 15.7 Å². The zero-order valence-electron chi connectivity index (χ0n) is 21.6. The Morgan fingerprint density at radius 2 is 1.89 bits per heavy atom. The predicted octanol–water partition coefficient (Wildman–Crippen LogP) is 3.78. The van der Waals surface area contributed by atoms with Crippen molar-refractivity contribution in [1.29, 1.82) is 0 Å². The van der Waals surface area contributed by atoms with Gasteiger partial charge in [0.2, 0.25) is 0 Å². The summed E-state index contributed by atoms with van der Waals surface area (Å²) in [5.74, 6) is -1.06. The number of hydrogen-bond donors (Lipinski definition) is 3. The lowest BCUT2D eigenvalue weighted by molar-refractivity contribution is -0.144. The number of carbonyl (C=O) groups excluding carboxylic acids is 2. The first-order chi connectivity index (χ1) is 18.0. The number of urea groups is 1. The minimum absolute atomic E-state index is 0.0241. The van der Waals surface area contributed by atoms with Gasteiger partial charge in [-0.15, -0.1) is 0 Å². The Bertz CT molecular complexity index is 1390. The van der Waals surface area contributed by atoms with E-state index in [0.717, 1.165) is 22.6 Å². The van der Waals surface area contributed by atoms with E-state index >= 15 is 0 Å². The highest BCUT2D eigenvalue weighted by Gasteiger charge is 2.64. The molecular weight excluding hydrogens is 508 g/mol. The maximum atomic E-state index is 12.7. The molecule has 3 N–H and O–H groups in total. The molecule has 4 atom stereocenters. The first-order valence-electron chi connectivity index (χ1n) is 12.5. The van der Waals surface area contributed by atoms with Gasteiger partial charge in [0, 0.05) is 37.4 Å². The van der Waals surface area contributed by atoms with Gasteiger partial charge >= 0.3 is 22.5 Å². The molecule has 0 radical (unpaired) electrons. The third-order valence-electron chi connectivity index (χ3n) is 8.58. The lowest BCUT2D eigenvalue weighted by Crippen LogP contribution is -2.49. The predicted molar refractivity (Wildman–Crippen MR) is 142 cm³/mol. The lowest BCUT2D eigenvalue weighted by atomic mass is 9.68. The normalized spacial score (nSPS) is 24.7. The molecule has 2 aromatic carbocycles. The molecule has 0 unspecified atom stereocenters. The van der Waals surface area contributed by atoms with Crippen molar-refractivity contribution in [2.75, 3.05) is 18.9 Å². The zero-order valence-corrected chi connectivity index (χ0v) is 22.4. The minimum atomic E-state index is -2.89. The number of amides is 2. The molecule has 202 valence electrons. The van der Waals surface area contributed by atoms with Gasteiger partial charge in [-0.3, -0.25) is 9.59 Å². The summed E-state index contributed by atoms with van der Waals surface area (Å²) in [7, 11) is -1.40. The standard InChI is InChI=1S/C27H32N4O6S/c1-26-12-11-19(15-23(26)32)27(26,2)16-31(30-38(36)37)22(24(33)34)14-17-9-10-20(18-7-5-4-6-8-18)21(13-17)29-25(35)28-3/h4-10,13,19,22H,11-12,14-16H2,1-3H3,(H,33,34)(H2,28,29,35)/t19-,22-,26+,27-/m0/s1. The quantitative estimate of drug-likeness (QED) is 0.411. The van der Waals surface area contributed by atoms with Crippen molar-refractivity contribution in [3.8, 4) is 11.1 Å². The van der Waals surface area contributed by atoms with Crippen LogP contribution in [0.1, 0.15) is 38.7 Å². The van der Waals surface area contributed by atoms with Crippen molar-refractivity contribution in [3.05, 3.63) is 54.1 Å². The highest BCUT2D eigenvalue weighted by molar-refractivity contribution is 7.61. The van der Waals surface area contributed by atoms with E-state index in [0.29, 0.717) is 24.1 Å². The van der Waals surface area contributed by atoms with Gasteiger partial charge in [0.1, 0.15) is 11.8 Å². The van der Waals surface area contributed by atoms with E-state index in [1.807, 2.05) is 44.2 Å². The fraction of sp³-hybridized carbons (Fsp3) is 0.444. The maximum Gasteiger partial charge on any atom is 0.328 e. The van der Waals surface area contributed by atoms with Crippen molar-refractivity contribution < 1.29 is 27.9 Å². The number of carboxylic acid groups (broad SMARTS) is 1. The average Bonchev–Trinajstić information content (AvgIpc) is 3.22. The van der Waals surface area contributed by atoms with Gasteiger partial charge in [0.15, 0.2) is 0 Å². The summed E-state index contributed by atoms with van der Waals surface area (Å²) in [5.41, 5.74) is 1.40. The zero-order chi connectivity index (χ0) is 27.7. The van der Waals surface area contributed by atoms with Crippen LogP contribution < -0.4 is 10.6 Å². The molecule has 10 nitrogen and oxygen atoms in total.